The molecule has 2 amide bonds. The molecule has 0 unspecified atom stereocenters. The minimum Gasteiger partial charge on any atom is -0.352 e. The lowest BCUT2D eigenvalue weighted by atomic mass is 9.81. The van der Waals surface area contributed by atoms with Gasteiger partial charge in [0.2, 0.25) is 5.91 Å². The van der Waals surface area contributed by atoms with E-state index in [-0.39, 0.29) is 47.5 Å². The van der Waals surface area contributed by atoms with Crippen molar-refractivity contribution in [2.75, 3.05) is 19.3 Å². The van der Waals surface area contributed by atoms with Crippen LogP contribution in [0.25, 0.3) is 0 Å². The number of amides is 2. The first-order valence-electron chi connectivity index (χ1n) is 12.6. The standard InChI is InChI=1S/C25H45N5O4S/c1-16(2)29(8)19-10-11-20(18(12-19)15-35(33,34)17(3)4)27-23(31)14-26-24(32)21-13-22(25(5,6)7)28-30(21)9/h13,16-20H,10-12,14-15H2,1-9H3,(H,26,32)(H,27,31)/t18-,19+,20-/m0/s1. The van der Waals surface area contributed by atoms with Gasteiger partial charge in [-0.05, 0) is 66.0 Å². The van der Waals surface area contributed by atoms with Gasteiger partial charge in [0.1, 0.15) is 5.69 Å². The fourth-order valence-corrected chi connectivity index (χ4v) is 5.80. The highest BCUT2D eigenvalue weighted by atomic mass is 32.2. The highest BCUT2D eigenvalue weighted by Crippen LogP contribution is 2.30. The Hall–Kier alpha value is -1.94. The van der Waals surface area contributed by atoms with Crippen molar-refractivity contribution in [1.82, 2.24) is 25.3 Å². The maximum Gasteiger partial charge on any atom is 0.269 e. The van der Waals surface area contributed by atoms with Crippen molar-refractivity contribution in [1.29, 1.82) is 0 Å². The first kappa shape index (κ1) is 29.3. The molecule has 2 N–H and O–H groups in total. The normalized spacial score (nSPS) is 21.5. The second kappa shape index (κ2) is 11.4. The van der Waals surface area contributed by atoms with Gasteiger partial charge in [0.15, 0.2) is 9.84 Å². The quantitative estimate of drug-likeness (QED) is 0.526. The fraction of sp³-hybridized carbons (Fsp3) is 0.800. The number of aryl methyl sites for hydroxylation is 1. The Bertz CT molecular complexity index is 994. The van der Waals surface area contributed by atoms with E-state index in [1.165, 1.54) is 4.68 Å². The summed E-state index contributed by atoms with van der Waals surface area (Å²) in [6, 6.07) is 2.13. The summed E-state index contributed by atoms with van der Waals surface area (Å²) in [7, 11) is 0.514. The molecular formula is C25H45N5O4S. The van der Waals surface area contributed by atoms with E-state index < -0.39 is 15.1 Å². The largest absolute Gasteiger partial charge is 0.352 e. The zero-order valence-corrected chi connectivity index (χ0v) is 23.7. The molecule has 1 heterocycles. The Kier molecular flexibility index (Phi) is 9.55. The first-order valence-corrected chi connectivity index (χ1v) is 14.3. The van der Waals surface area contributed by atoms with Gasteiger partial charge in [-0.25, -0.2) is 8.42 Å². The second-order valence-electron chi connectivity index (χ2n) is 11.5. The molecule has 10 heteroatoms. The highest BCUT2D eigenvalue weighted by molar-refractivity contribution is 7.91. The summed E-state index contributed by atoms with van der Waals surface area (Å²) in [5.74, 6) is -0.806. The van der Waals surface area contributed by atoms with E-state index in [0.29, 0.717) is 24.6 Å². The predicted octanol–water partition coefficient (Wildman–Crippen LogP) is 2.26. The molecule has 0 radical (unpaired) electrons. The Balaban J connectivity index is 2.05. The van der Waals surface area contributed by atoms with E-state index >= 15 is 0 Å². The minimum absolute atomic E-state index is 0.0506. The lowest BCUT2D eigenvalue weighted by Gasteiger charge is -2.41. The fourth-order valence-electron chi connectivity index (χ4n) is 4.45. The topological polar surface area (TPSA) is 113 Å². The van der Waals surface area contributed by atoms with Gasteiger partial charge >= 0.3 is 0 Å². The second-order valence-corrected chi connectivity index (χ2v) is 14.1. The van der Waals surface area contributed by atoms with Gasteiger partial charge in [-0.3, -0.25) is 14.3 Å². The Morgan fingerprint density at radius 3 is 2.34 bits per heavy atom. The van der Waals surface area contributed by atoms with Crippen LogP contribution in [0.2, 0.25) is 0 Å². The number of carbonyl (C=O) groups excluding carboxylic acids is 2. The average molecular weight is 512 g/mol. The zero-order valence-electron chi connectivity index (χ0n) is 22.9. The number of nitrogens with zero attached hydrogens (tertiary/aromatic N) is 3. The molecule has 35 heavy (non-hydrogen) atoms. The molecule has 1 aromatic rings. The molecule has 1 aliphatic carbocycles. The van der Waals surface area contributed by atoms with Gasteiger partial charge < -0.3 is 15.5 Å². The molecule has 0 aliphatic heterocycles. The van der Waals surface area contributed by atoms with Crippen LogP contribution in [0.15, 0.2) is 6.07 Å². The third-order valence-corrected chi connectivity index (χ3v) is 9.48. The maximum atomic E-state index is 12.8. The van der Waals surface area contributed by atoms with Crippen molar-refractivity contribution in [3.8, 4) is 0 Å². The molecular weight excluding hydrogens is 466 g/mol. The monoisotopic (exact) mass is 511 g/mol. The van der Waals surface area contributed by atoms with Crippen LogP contribution < -0.4 is 10.6 Å². The summed E-state index contributed by atoms with van der Waals surface area (Å²) in [6.07, 6.45) is 2.30. The lowest BCUT2D eigenvalue weighted by molar-refractivity contribution is -0.121. The molecule has 0 spiro atoms. The number of sulfone groups is 1. The molecule has 0 saturated heterocycles. The summed E-state index contributed by atoms with van der Waals surface area (Å²) >= 11 is 0. The maximum absolute atomic E-state index is 12.8. The van der Waals surface area contributed by atoms with Crippen LogP contribution in [0.5, 0.6) is 0 Å². The summed E-state index contributed by atoms with van der Waals surface area (Å²) < 4.78 is 27.0. The summed E-state index contributed by atoms with van der Waals surface area (Å²) in [5, 5.41) is 9.64. The van der Waals surface area contributed by atoms with Crippen molar-refractivity contribution in [3.63, 3.8) is 0 Å². The number of nitrogens with one attached hydrogen (secondary N) is 2. The number of hydrogen-bond acceptors (Lipinski definition) is 6. The van der Waals surface area contributed by atoms with Crippen LogP contribution >= 0.6 is 0 Å². The molecule has 9 nitrogen and oxygen atoms in total. The number of aromatic nitrogens is 2. The molecule has 3 atom stereocenters. The van der Waals surface area contributed by atoms with Crippen molar-refractivity contribution in [3.05, 3.63) is 17.5 Å². The van der Waals surface area contributed by atoms with Gasteiger partial charge in [0.05, 0.1) is 23.2 Å². The highest BCUT2D eigenvalue weighted by Gasteiger charge is 2.37. The SMILES string of the molecule is CC(C)N(C)[C@@H]1CC[C@H](NC(=O)CNC(=O)c2cc(C(C)(C)C)nn2C)[C@H](CS(=O)(=O)C(C)C)C1. The molecule has 200 valence electrons. The number of hydrogen-bond donors (Lipinski definition) is 2. The van der Waals surface area contributed by atoms with Crippen LogP contribution in [-0.2, 0) is 27.1 Å². The Labute approximate surface area is 211 Å². The smallest absolute Gasteiger partial charge is 0.269 e. The van der Waals surface area contributed by atoms with Crippen LogP contribution in [0.4, 0.5) is 0 Å². The van der Waals surface area contributed by atoms with Crippen molar-refractivity contribution in [2.45, 2.75) is 96.5 Å². The minimum atomic E-state index is -3.26. The third kappa shape index (κ3) is 7.77. The van der Waals surface area contributed by atoms with E-state index in [9.17, 15) is 18.0 Å². The number of carbonyl (C=O) groups is 2. The molecule has 1 saturated carbocycles. The van der Waals surface area contributed by atoms with E-state index in [1.807, 2.05) is 20.8 Å². The predicted molar refractivity (Wildman–Crippen MR) is 139 cm³/mol. The van der Waals surface area contributed by atoms with Gasteiger partial charge in [0.25, 0.3) is 5.91 Å². The van der Waals surface area contributed by atoms with Gasteiger partial charge in [0, 0.05) is 30.6 Å². The third-order valence-electron chi connectivity index (χ3n) is 7.15. The van der Waals surface area contributed by atoms with Crippen molar-refractivity contribution >= 4 is 21.7 Å². The number of rotatable bonds is 9. The van der Waals surface area contributed by atoms with Crippen LogP contribution in [0.1, 0.15) is 83.9 Å². The Morgan fingerprint density at radius 2 is 1.83 bits per heavy atom. The van der Waals surface area contributed by atoms with Crippen LogP contribution in [0, 0.1) is 5.92 Å². The van der Waals surface area contributed by atoms with Crippen molar-refractivity contribution < 1.29 is 18.0 Å². The zero-order chi connectivity index (χ0) is 26.7. The van der Waals surface area contributed by atoms with E-state index in [2.05, 4.69) is 41.5 Å². The van der Waals surface area contributed by atoms with E-state index in [1.54, 1.807) is 27.0 Å². The molecule has 0 aromatic carbocycles. The first-order chi connectivity index (χ1) is 16.0. The van der Waals surface area contributed by atoms with Crippen LogP contribution in [-0.4, -0.2) is 77.6 Å². The van der Waals surface area contributed by atoms with Gasteiger partial charge in [-0.15, -0.1) is 0 Å². The van der Waals surface area contributed by atoms with E-state index in [0.717, 1.165) is 12.1 Å². The average Bonchev–Trinajstić information content (AvgIpc) is 3.14. The van der Waals surface area contributed by atoms with Crippen molar-refractivity contribution in [2.24, 2.45) is 13.0 Å². The summed E-state index contributed by atoms with van der Waals surface area (Å²) in [5.41, 5.74) is 0.995. The molecule has 0 bridgehead atoms. The summed E-state index contributed by atoms with van der Waals surface area (Å²) in [4.78, 5) is 27.7. The van der Waals surface area contributed by atoms with E-state index in [4.69, 9.17) is 0 Å². The molecule has 2 rings (SSSR count). The Morgan fingerprint density at radius 1 is 1.20 bits per heavy atom. The lowest BCUT2D eigenvalue weighted by Crippen LogP contribution is -2.52. The molecule has 1 aromatic heterocycles. The molecule has 1 fully saturated rings. The van der Waals surface area contributed by atoms with Crippen LogP contribution in [0.3, 0.4) is 0 Å². The molecule has 1 aliphatic rings. The summed E-state index contributed by atoms with van der Waals surface area (Å²) in [6.45, 7) is 13.5. The van der Waals surface area contributed by atoms with Gasteiger partial charge in [-0.1, -0.05) is 20.8 Å². The van der Waals surface area contributed by atoms with Gasteiger partial charge in [-0.2, -0.15) is 5.10 Å².